The zero-order valence-corrected chi connectivity index (χ0v) is 13.7. The van der Waals surface area contributed by atoms with Crippen molar-refractivity contribution in [3.63, 3.8) is 0 Å². The van der Waals surface area contributed by atoms with E-state index in [4.69, 9.17) is 0 Å². The Morgan fingerprint density at radius 3 is 2.23 bits per heavy atom. The molecule has 3 nitrogen and oxygen atoms in total. The summed E-state index contributed by atoms with van der Waals surface area (Å²) >= 11 is 0. The van der Waals surface area contributed by atoms with Gasteiger partial charge in [0.25, 0.3) is 5.91 Å². The van der Waals surface area contributed by atoms with E-state index in [-0.39, 0.29) is 5.91 Å². The molecule has 0 aromatic heterocycles. The van der Waals surface area contributed by atoms with E-state index in [0.29, 0.717) is 11.6 Å². The number of aryl methyl sites for hydroxylation is 2. The standard InChI is InChI=1S/C19H24N2O/c1-5-15(4)20-17-8-10-18(11-9-17)21-19(22)16-7-6-13(2)14(3)12-16/h6-12,15,20H,5H2,1-4H3,(H,21,22). The summed E-state index contributed by atoms with van der Waals surface area (Å²) in [6.45, 7) is 8.35. The molecule has 2 aromatic carbocycles. The number of hydrogen-bond donors (Lipinski definition) is 2. The Kier molecular flexibility index (Phi) is 5.21. The van der Waals surface area contributed by atoms with Gasteiger partial charge in [-0.25, -0.2) is 0 Å². The molecule has 0 fully saturated rings. The molecule has 1 unspecified atom stereocenters. The first-order valence-corrected chi connectivity index (χ1v) is 7.74. The summed E-state index contributed by atoms with van der Waals surface area (Å²) in [5, 5.41) is 6.34. The Morgan fingerprint density at radius 1 is 1.00 bits per heavy atom. The monoisotopic (exact) mass is 296 g/mol. The van der Waals surface area contributed by atoms with Crippen molar-refractivity contribution in [2.24, 2.45) is 0 Å². The largest absolute Gasteiger partial charge is 0.383 e. The van der Waals surface area contributed by atoms with Gasteiger partial charge in [0.1, 0.15) is 0 Å². The van der Waals surface area contributed by atoms with E-state index in [9.17, 15) is 4.79 Å². The van der Waals surface area contributed by atoms with Crippen LogP contribution in [0.25, 0.3) is 0 Å². The van der Waals surface area contributed by atoms with Crippen LogP contribution in [0.5, 0.6) is 0 Å². The average molecular weight is 296 g/mol. The van der Waals surface area contributed by atoms with Crippen molar-refractivity contribution in [2.45, 2.75) is 40.2 Å². The molecule has 0 aliphatic carbocycles. The summed E-state index contributed by atoms with van der Waals surface area (Å²) in [6.07, 6.45) is 1.07. The van der Waals surface area contributed by atoms with Crippen LogP contribution in [0, 0.1) is 13.8 Å². The predicted molar refractivity (Wildman–Crippen MR) is 93.7 cm³/mol. The molecule has 0 saturated heterocycles. The third-order valence-electron chi connectivity index (χ3n) is 3.94. The first-order chi connectivity index (χ1) is 10.5. The predicted octanol–water partition coefficient (Wildman–Crippen LogP) is 4.77. The van der Waals surface area contributed by atoms with Crippen LogP contribution in [0.15, 0.2) is 42.5 Å². The van der Waals surface area contributed by atoms with E-state index < -0.39 is 0 Å². The number of carbonyl (C=O) groups excluding carboxylic acids is 1. The number of benzene rings is 2. The van der Waals surface area contributed by atoms with Crippen LogP contribution in [-0.2, 0) is 0 Å². The molecule has 22 heavy (non-hydrogen) atoms. The zero-order chi connectivity index (χ0) is 16.1. The lowest BCUT2D eigenvalue weighted by molar-refractivity contribution is 0.102. The summed E-state index contributed by atoms with van der Waals surface area (Å²) in [5.41, 5.74) is 4.87. The van der Waals surface area contributed by atoms with Crippen LogP contribution in [0.4, 0.5) is 11.4 Å². The van der Waals surface area contributed by atoms with Crippen LogP contribution < -0.4 is 10.6 Å². The maximum atomic E-state index is 12.3. The van der Waals surface area contributed by atoms with Gasteiger partial charge in [-0.2, -0.15) is 0 Å². The zero-order valence-electron chi connectivity index (χ0n) is 13.7. The van der Waals surface area contributed by atoms with E-state index in [2.05, 4.69) is 24.5 Å². The first-order valence-electron chi connectivity index (χ1n) is 7.74. The SMILES string of the molecule is CCC(C)Nc1ccc(NC(=O)c2ccc(C)c(C)c2)cc1. The molecule has 0 bridgehead atoms. The van der Waals surface area contributed by atoms with Crippen LogP contribution >= 0.6 is 0 Å². The lowest BCUT2D eigenvalue weighted by Gasteiger charge is -2.13. The molecular weight excluding hydrogens is 272 g/mol. The summed E-state index contributed by atoms with van der Waals surface area (Å²) < 4.78 is 0. The third kappa shape index (κ3) is 4.10. The van der Waals surface area contributed by atoms with Crippen molar-refractivity contribution >= 4 is 17.3 Å². The van der Waals surface area contributed by atoms with Gasteiger partial charge >= 0.3 is 0 Å². The van der Waals surface area contributed by atoms with Gasteiger partial charge in [0.2, 0.25) is 0 Å². The third-order valence-corrected chi connectivity index (χ3v) is 3.94. The number of amides is 1. The molecule has 1 atom stereocenters. The van der Waals surface area contributed by atoms with Crippen molar-refractivity contribution in [1.29, 1.82) is 0 Å². The molecule has 2 aromatic rings. The Bertz CT molecular complexity index is 647. The Hall–Kier alpha value is -2.29. The van der Waals surface area contributed by atoms with Crippen LogP contribution in [0.1, 0.15) is 41.8 Å². The molecule has 0 aliphatic heterocycles. The van der Waals surface area contributed by atoms with Gasteiger partial charge in [-0.3, -0.25) is 4.79 Å². The summed E-state index contributed by atoms with van der Waals surface area (Å²) in [5.74, 6) is -0.0780. The van der Waals surface area contributed by atoms with E-state index in [0.717, 1.165) is 23.4 Å². The second-order valence-electron chi connectivity index (χ2n) is 5.78. The average Bonchev–Trinajstić information content (AvgIpc) is 2.51. The fraction of sp³-hybridized carbons (Fsp3) is 0.316. The Labute approximate surface area is 132 Å². The number of hydrogen-bond acceptors (Lipinski definition) is 2. The van der Waals surface area contributed by atoms with E-state index in [1.165, 1.54) is 5.56 Å². The number of carbonyl (C=O) groups is 1. The van der Waals surface area contributed by atoms with Gasteiger partial charge in [-0.1, -0.05) is 13.0 Å². The molecule has 2 rings (SSSR count). The number of anilines is 2. The molecule has 0 heterocycles. The fourth-order valence-corrected chi connectivity index (χ4v) is 2.12. The first kappa shape index (κ1) is 16.1. The highest BCUT2D eigenvalue weighted by molar-refractivity contribution is 6.04. The lowest BCUT2D eigenvalue weighted by atomic mass is 10.1. The van der Waals surface area contributed by atoms with Crippen molar-refractivity contribution in [3.8, 4) is 0 Å². The molecule has 2 N–H and O–H groups in total. The molecule has 0 saturated carbocycles. The van der Waals surface area contributed by atoms with E-state index in [1.54, 1.807) is 0 Å². The Balaban J connectivity index is 2.03. The fourth-order valence-electron chi connectivity index (χ4n) is 2.12. The summed E-state index contributed by atoms with van der Waals surface area (Å²) in [7, 11) is 0. The minimum Gasteiger partial charge on any atom is -0.383 e. The van der Waals surface area contributed by atoms with Gasteiger partial charge in [-0.05, 0) is 74.7 Å². The molecule has 0 aliphatic rings. The molecular formula is C19H24N2O. The second kappa shape index (κ2) is 7.12. The minimum atomic E-state index is -0.0780. The van der Waals surface area contributed by atoms with Crippen LogP contribution in [-0.4, -0.2) is 11.9 Å². The van der Waals surface area contributed by atoms with E-state index >= 15 is 0 Å². The Morgan fingerprint density at radius 2 is 1.64 bits per heavy atom. The number of rotatable bonds is 5. The molecule has 0 radical (unpaired) electrons. The highest BCUT2D eigenvalue weighted by Crippen LogP contribution is 2.17. The van der Waals surface area contributed by atoms with Gasteiger partial charge in [-0.15, -0.1) is 0 Å². The van der Waals surface area contributed by atoms with Crippen molar-refractivity contribution < 1.29 is 4.79 Å². The maximum absolute atomic E-state index is 12.3. The van der Waals surface area contributed by atoms with Crippen molar-refractivity contribution in [1.82, 2.24) is 0 Å². The topological polar surface area (TPSA) is 41.1 Å². The summed E-state index contributed by atoms with van der Waals surface area (Å²) in [4.78, 5) is 12.3. The quantitative estimate of drug-likeness (QED) is 0.834. The van der Waals surface area contributed by atoms with Gasteiger partial charge in [0.05, 0.1) is 0 Å². The normalized spacial score (nSPS) is 11.8. The molecule has 0 spiro atoms. The van der Waals surface area contributed by atoms with Crippen LogP contribution in [0.3, 0.4) is 0 Å². The van der Waals surface area contributed by atoms with Gasteiger partial charge in [0, 0.05) is 23.0 Å². The minimum absolute atomic E-state index is 0.0780. The smallest absolute Gasteiger partial charge is 0.255 e. The molecule has 1 amide bonds. The highest BCUT2D eigenvalue weighted by atomic mass is 16.1. The van der Waals surface area contributed by atoms with Crippen molar-refractivity contribution in [2.75, 3.05) is 10.6 Å². The molecule has 116 valence electrons. The number of nitrogens with one attached hydrogen (secondary N) is 2. The highest BCUT2D eigenvalue weighted by Gasteiger charge is 2.07. The second-order valence-corrected chi connectivity index (χ2v) is 5.78. The van der Waals surface area contributed by atoms with E-state index in [1.807, 2.05) is 56.3 Å². The maximum Gasteiger partial charge on any atom is 0.255 e. The van der Waals surface area contributed by atoms with Gasteiger partial charge in [0.15, 0.2) is 0 Å². The van der Waals surface area contributed by atoms with Crippen molar-refractivity contribution in [3.05, 3.63) is 59.2 Å². The lowest BCUT2D eigenvalue weighted by Crippen LogP contribution is -2.14. The van der Waals surface area contributed by atoms with Crippen LogP contribution in [0.2, 0.25) is 0 Å². The summed E-state index contributed by atoms with van der Waals surface area (Å²) in [6, 6.07) is 14.0. The van der Waals surface area contributed by atoms with Gasteiger partial charge < -0.3 is 10.6 Å². The molecule has 3 heteroatoms.